The van der Waals surface area contributed by atoms with Crippen LogP contribution in [-0.4, -0.2) is 37.5 Å². The summed E-state index contributed by atoms with van der Waals surface area (Å²) < 4.78 is 18.7. The molecule has 176 valence electrons. The minimum Gasteiger partial charge on any atom is -0.477 e. The summed E-state index contributed by atoms with van der Waals surface area (Å²) in [5, 5.41) is 0. The Bertz CT molecular complexity index is 1110. The zero-order valence-corrected chi connectivity index (χ0v) is 19.6. The van der Waals surface area contributed by atoms with Gasteiger partial charge in [0.15, 0.2) is 5.41 Å². The van der Waals surface area contributed by atoms with Crippen molar-refractivity contribution in [1.82, 2.24) is 0 Å². The molecule has 0 amide bonds. The van der Waals surface area contributed by atoms with Crippen molar-refractivity contribution in [2.45, 2.75) is 25.0 Å². The maximum atomic E-state index is 6.22. The summed E-state index contributed by atoms with van der Waals surface area (Å²) in [5.41, 5.74) is 2.38. The molecule has 0 saturated heterocycles. The van der Waals surface area contributed by atoms with Gasteiger partial charge in [-0.15, -0.1) is 0 Å². The number of aliphatic imine (C=N–C) groups is 3. The predicted octanol–water partition coefficient (Wildman–Crippen LogP) is 5.50. The highest BCUT2D eigenvalue weighted by molar-refractivity contribution is 6.23. The fraction of sp³-hybridized carbons (Fsp3) is 0.276. The van der Waals surface area contributed by atoms with Crippen molar-refractivity contribution in [1.29, 1.82) is 0 Å². The van der Waals surface area contributed by atoms with E-state index in [1.165, 1.54) is 0 Å². The Kier molecular flexibility index (Phi) is 5.57. The zero-order valence-electron chi connectivity index (χ0n) is 19.6. The summed E-state index contributed by atoms with van der Waals surface area (Å²) in [6.07, 6.45) is 0. The number of nitrogens with zero attached hydrogens (tertiary/aromatic N) is 3. The van der Waals surface area contributed by atoms with E-state index < -0.39 is 5.41 Å². The Morgan fingerprint density at radius 1 is 0.514 bits per heavy atom. The summed E-state index contributed by atoms with van der Waals surface area (Å²) in [7, 11) is 0. The van der Waals surface area contributed by atoms with Crippen LogP contribution in [0.25, 0.3) is 0 Å². The second-order valence-electron chi connectivity index (χ2n) is 9.14. The fourth-order valence-corrected chi connectivity index (χ4v) is 4.75. The second-order valence-corrected chi connectivity index (χ2v) is 9.14. The van der Waals surface area contributed by atoms with Gasteiger partial charge in [-0.3, -0.25) is 0 Å². The molecule has 0 bridgehead atoms. The minimum absolute atomic E-state index is 0.0932. The molecule has 0 radical (unpaired) electrons. The van der Waals surface area contributed by atoms with E-state index in [4.69, 9.17) is 29.2 Å². The number of hydrogen-bond donors (Lipinski definition) is 0. The molecule has 0 spiro atoms. The average Bonchev–Trinajstić information content (AvgIpc) is 3.71. The quantitative estimate of drug-likeness (QED) is 0.483. The van der Waals surface area contributed by atoms with E-state index in [1.807, 2.05) is 61.5 Å². The SMILES string of the molecule is CC(C1=NC(c2ccccc2)CO1)(C1=NC(c2ccccc2)CO1)C1=NC(c2ccccc2)CO1. The van der Waals surface area contributed by atoms with E-state index in [2.05, 4.69) is 36.4 Å². The molecule has 0 aliphatic carbocycles. The third-order valence-corrected chi connectivity index (χ3v) is 6.79. The molecule has 3 unspecified atom stereocenters. The first-order valence-electron chi connectivity index (χ1n) is 12.0. The van der Waals surface area contributed by atoms with Gasteiger partial charge in [0, 0.05) is 0 Å². The molecule has 0 saturated carbocycles. The Labute approximate surface area is 205 Å². The molecule has 35 heavy (non-hydrogen) atoms. The van der Waals surface area contributed by atoms with E-state index >= 15 is 0 Å². The summed E-state index contributed by atoms with van der Waals surface area (Å²) in [6.45, 7) is 3.37. The van der Waals surface area contributed by atoms with Gasteiger partial charge in [-0.05, 0) is 23.6 Å². The third-order valence-electron chi connectivity index (χ3n) is 6.79. The number of ether oxygens (including phenoxy) is 3. The van der Waals surface area contributed by atoms with Crippen LogP contribution in [0.5, 0.6) is 0 Å². The highest BCUT2D eigenvalue weighted by Gasteiger charge is 2.52. The molecule has 6 rings (SSSR count). The molecule has 0 aromatic heterocycles. The van der Waals surface area contributed by atoms with Crippen LogP contribution in [0.2, 0.25) is 0 Å². The van der Waals surface area contributed by atoms with Crippen LogP contribution in [0.3, 0.4) is 0 Å². The summed E-state index contributed by atoms with van der Waals surface area (Å²) in [4.78, 5) is 15.0. The Balaban J connectivity index is 1.39. The van der Waals surface area contributed by atoms with Gasteiger partial charge in [0.1, 0.15) is 37.9 Å². The summed E-state index contributed by atoms with van der Waals surface area (Å²) in [6, 6.07) is 30.3. The summed E-state index contributed by atoms with van der Waals surface area (Å²) >= 11 is 0. The lowest BCUT2D eigenvalue weighted by molar-refractivity contribution is 0.254. The average molecular weight is 466 g/mol. The van der Waals surface area contributed by atoms with Gasteiger partial charge in [0.05, 0.1) is 0 Å². The first kappa shape index (κ1) is 21.6. The van der Waals surface area contributed by atoms with E-state index in [-0.39, 0.29) is 18.1 Å². The molecule has 3 aromatic rings. The van der Waals surface area contributed by atoms with Crippen LogP contribution in [0.4, 0.5) is 0 Å². The van der Waals surface area contributed by atoms with Crippen LogP contribution in [-0.2, 0) is 14.2 Å². The first-order valence-corrected chi connectivity index (χ1v) is 12.0. The third kappa shape index (κ3) is 3.99. The van der Waals surface area contributed by atoms with Gasteiger partial charge in [-0.2, -0.15) is 0 Å². The first-order chi connectivity index (χ1) is 17.2. The van der Waals surface area contributed by atoms with Gasteiger partial charge in [-0.1, -0.05) is 91.0 Å². The fourth-order valence-electron chi connectivity index (χ4n) is 4.75. The van der Waals surface area contributed by atoms with Crippen LogP contribution < -0.4 is 0 Å². The molecule has 3 aliphatic rings. The van der Waals surface area contributed by atoms with Crippen LogP contribution in [0.1, 0.15) is 41.7 Å². The number of hydrogen-bond acceptors (Lipinski definition) is 6. The van der Waals surface area contributed by atoms with Gasteiger partial charge < -0.3 is 14.2 Å². The maximum Gasteiger partial charge on any atom is 0.209 e. The monoisotopic (exact) mass is 465 g/mol. The molecular formula is C29H27N3O3. The zero-order chi connectivity index (χ0) is 23.7. The van der Waals surface area contributed by atoms with Crippen LogP contribution >= 0.6 is 0 Å². The van der Waals surface area contributed by atoms with Crippen molar-refractivity contribution < 1.29 is 14.2 Å². The highest BCUT2D eigenvalue weighted by Crippen LogP contribution is 2.40. The molecular weight excluding hydrogens is 438 g/mol. The smallest absolute Gasteiger partial charge is 0.209 e. The van der Waals surface area contributed by atoms with Crippen molar-refractivity contribution in [3.8, 4) is 0 Å². The molecule has 3 heterocycles. The van der Waals surface area contributed by atoms with Crippen LogP contribution in [0.15, 0.2) is 106 Å². The second kappa shape index (κ2) is 9.02. The van der Waals surface area contributed by atoms with E-state index in [9.17, 15) is 0 Å². The normalized spacial score (nSPS) is 24.9. The molecule has 3 aliphatic heterocycles. The predicted molar refractivity (Wildman–Crippen MR) is 136 cm³/mol. The van der Waals surface area contributed by atoms with Crippen molar-refractivity contribution in [2.24, 2.45) is 20.4 Å². The molecule has 0 N–H and O–H groups in total. The van der Waals surface area contributed by atoms with Crippen LogP contribution in [0, 0.1) is 5.41 Å². The molecule has 0 fully saturated rings. The summed E-state index contributed by atoms with van der Waals surface area (Å²) in [5.74, 6) is 1.60. The molecule has 6 nitrogen and oxygen atoms in total. The number of rotatable bonds is 6. The van der Waals surface area contributed by atoms with E-state index in [0.29, 0.717) is 37.5 Å². The highest BCUT2D eigenvalue weighted by atomic mass is 16.5. The van der Waals surface area contributed by atoms with Crippen molar-refractivity contribution in [3.63, 3.8) is 0 Å². The molecule has 6 heteroatoms. The Morgan fingerprint density at radius 3 is 1.09 bits per heavy atom. The van der Waals surface area contributed by atoms with E-state index in [0.717, 1.165) is 16.7 Å². The van der Waals surface area contributed by atoms with Gasteiger partial charge in [-0.25, -0.2) is 15.0 Å². The number of benzene rings is 3. The maximum absolute atomic E-state index is 6.22. The van der Waals surface area contributed by atoms with Gasteiger partial charge in [0.2, 0.25) is 17.7 Å². The van der Waals surface area contributed by atoms with E-state index in [1.54, 1.807) is 0 Å². The largest absolute Gasteiger partial charge is 0.477 e. The van der Waals surface area contributed by atoms with Gasteiger partial charge in [0.25, 0.3) is 0 Å². The van der Waals surface area contributed by atoms with Crippen molar-refractivity contribution in [2.75, 3.05) is 19.8 Å². The Hall–Kier alpha value is -3.93. The lowest BCUT2D eigenvalue weighted by atomic mass is 9.89. The standard InChI is InChI=1S/C29H27N3O3/c1-29(26-30-23(17-33-26)20-11-5-2-6-12-20,27-31-24(18-34-27)21-13-7-3-8-14-21)28-32-25(19-35-28)22-15-9-4-10-16-22/h2-16,23-25H,17-19H2,1H3. The Morgan fingerprint density at radius 2 is 0.800 bits per heavy atom. The van der Waals surface area contributed by atoms with Crippen molar-refractivity contribution >= 4 is 17.7 Å². The lowest BCUT2D eigenvalue weighted by Crippen LogP contribution is -2.44. The van der Waals surface area contributed by atoms with Gasteiger partial charge >= 0.3 is 0 Å². The minimum atomic E-state index is -0.948. The molecule has 3 atom stereocenters. The van der Waals surface area contributed by atoms with Crippen molar-refractivity contribution in [3.05, 3.63) is 108 Å². The topological polar surface area (TPSA) is 64.8 Å². The lowest BCUT2D eigenvalue weighted by Gasteiger charge is -2.26. The molecule has 3 aromatic carbocycles.